The van der Waals surface area contributed by atoms with Gasteiger partial charge in [0.05, 0.1) is 0 Å². The van der Waals surface area contributed by atoms with Crippen LogP contribution in [0.3, 0.4) is 0 Å². The van der Waals surface area contributed by atoms with E-state index in [0.717, 1.165) is 48.5 Å². The number of carbonyl (C=O) groups is 2. The van der Waals surface area contributed by atoms with E-state index in [4.69, 9.17) is 0 Å². The Balaban J connectivity index is 1.63. The van der Waals surface area contributed by atoms with Crippen LogP contribution in [0.25, 0.3) is 0 Å². The van der Waals surface area contributed by atoms with Crippen molar-refractivity contribution in [3.05, 3.63) is 29.8 Å². The first-order valence-corrected chi connectivity index (χ1v) is 12.6. The monoisotopic (exact) mass is 471 g/mol. The Morgan fingerprint density at radius 3 is 2.22 bits per heavy atom. The molecule has 32 heavy (non-hydrogen) atoms. The number of hydrogen-bond donors (Lipinski definition) is 1. The van der Waals surface area contributed by atoms with E-state index in [1.807, 2.05) is 13.8 Å². The normalized spacial score (nSPS) is 19.7. The number of amides is 2. The second-order valence-electron chi connectivity index (χ2n) is 8.87. The van der Waals surface area contributed by atoms with E-state index in [2.05, 4.69) is 5.32 Å². The van der Waals surface area contributed by atoms with Crippen LogP contribution in [-0.4, -0.2) is 61.7 Å². The molecule has 2 fully saturated rings. The van der Waals surface area contributed by atoms with Crippen LogP contribution >= 0.6 is 0 Å². The summed E-state index contributed by atoms with van der Waals surface area (Å²) in [7, 11) is -4.14. The molecule has 1 aromatic rings. The van der Waals surface area contributed by atoms with Crippen molar-refractivity contribution >= 4 is 21.8 Å². The van der Waals surface area contributed by atoms with Gasteiger partial charge in [-0.05, 0) is 30.9 Å². The van der Waals surface area contributed by atoms with E-state index in [1.54, 1.807) is 4.90 Å². The minimum atomic E-state index is -4.14. The Morgan fingerprint density at radius 1 is 1.03 bits per heavy atom. The van der Waals surface area contributed by atoms with Crippen LogP contribution in [0.4, 0.5) is 8.78 Å². The van der Waals surface area contributed by atoms with Crippen molar-refractivity contribution in [3.8, 4) is 0 Å². The van der Waals surface area contributed by atoms with Crippen LogP contribution in [0.15, 0.2) is 23.1 Å². The largest absolute Gasteiger partial charge is 0.344 e. The fourth-order valence-electron chi connectivity index (χ4n) is 4.32. The molecule has 10 heteroatoms. The molecule has 0 spiro atoms. The van der Waals surface area contributed by atoms with E-state index in [-0.39, 0.29) is 49.8 Å². The molecule has 1 saturated carbocycles. The van der Waals surface area contributed by atoms with Gasteiger partial charge in [0.2, 0.25) is 21.8 Å². The van der Waals surface area contributed by atoms with Crippen LogP contribution in [0, 0.1) is 23.5 Å². The summed E-state index contributed by atoms with van der Waals surface area (Å²) in [4.78, 5) is 26.7. The molecule has 178 valence electrons. The molecule has 1 heterocycles. The molecule has 2 aliphatic rings. The number of rotatable bonds is 6. The van der Waals surface area contributed by atoms with Gasteiger partial charge >= 0.3 is 0 Å². The topological polar surface area (TPSA) is 86.8 Å². The van der Waals surface area contributed by atoms with Crippen molar-refractivity contribution in [2.45, 2.75) is 56.9 Å². The van der Waals surface area contributed by atoms with E-state index < -0.39 is 32.6 Å². The van der Waals surface area contributed by atoms with Gasteiger partial charge < -0.3 is 10.2 Å². The third kappa shape index (κ3) is 5.46. The second kappa shape index (κ2) is 10.2. The Kier molecular flexibility index (Phi) is 7.87. The molecule has 7 nitrogen and oxygen atoms in total. The van der Waals surface area contributed by atoms with Gasteiger partial charge in [0.25, 0.3) is 0 Å². The summed E-state index contributed by atoms with van der Waals surface area (Å²) >= 11 is 0. The molecule has 1 aliphatic carbocycles. The maximum Gasteiger partial charge on any atom is 0.246 e. The Hall–Kier alpha value is -2.07. The van der Waals surface area contributed by atoms with Crippen molar-refractivity contribution in [2.75, 3.05) is 26.2 Å². The number of piperazine rings is 1. The molecule has 0 bridgehead atoms. The SMILES string of the molecule is CC(C)C(NC(=O)C1CCCCC1)C(=O)N1CCN(S(=O)(=O)c2ccc(F)cc2F)CC1. The molecule has 0 radical (unpaired) electrons. The van der Waals surface area contributed by atoms with Gasteiger partial charge in [-0.15, -0.1) is 0 Å². The molecule has 1 aromatic carbocycles. The maximum absolute atomic E-state index is 14.0. The average molecular weight is 472 g/mol. The zero-order chi connectivity index (χ0) is 23.5. The summed E-state index contributed by atoms with van der Waals surface area (Å²) in [5.41, 5.74) is 0. The predicted octanol–water partition coefficient (Wildman–Crippen LogP) is 2.52. The molecule has 1 saturated heterocycles. The summed E-state index contributed by atoms with van der Waals surface area (Å²) in [5.74, 6) is -2.52. The molecule has 0 aromatic heterocycles. The van der Waals surface area contributed by atoms with Crippen LogP contribution in [0.5, 0.6) is 0 Å². The molecule has 3 rings (SSSR count). The molecular weight excluding hydrogens is 440 g/mol. The van der Waals surface area contributed by atoms with E-state index in [0.29, 0.717) is 6.07 Å². The second-order valence-corrected chi connectivity index (χ2v) is 10.8. The van der Waals surface area contributed by atoms with Crippen molar-refractivity contribution < 1.29 is 26.8 Å². The first-order valence-electron chi connectivity index (χ1n) is 11.2. The molecule has 2 amide bonds. The molecule has 1 atom stereocenters. The summed E-state index contributed by atoms with van der Waals surface area (Å²) in [6.45, 7) is 3.97. The van der Waals surface area contributed by atoms with Crippen LogP contribution in [0.2, 0.25) is 0 Å². The highest BCUT2D eigenvalue weighted by Gasteiger charge is 2.36. The van der Waals surface area contributed by atoms with E-state index in [9.17, 15) is 26.8 Å². The standard InChI is InChI=1S/C22H31F2N3O4S/c1-15(2)20(25-21(28)16-6-4-3-5-7-16)22(29)26-10-12-27(13-11-26)32(30,31)19-9-8-17(23)14-18(19)24/h8-9,14-16,20H,3-7,10-13H2,1-2H3,(H,25,28). The predicted molar refractivity (Wildman–Crippen MR) is 115 cm³/mol. The van der Waals surface area contributed by atoms with Gasteiger partial charge in [-0.2, -0.15) is 4.31 Å². The summed E-state index contributed by atoms with van der Waals surface area (Å²) < 4.78 is 53.8. The summed E-state index contributed by atoms with van der Waals surface area (Å²) in [5, 5.41) is 2.92. The van der Waals surface area contributed by atoms with E-state index in [1.165, 1.54) is 0 Å². The lowest BCUT2D eigenvalue weighted by Crippen LogP contribution is -2.57. The number of nitrogens with one attached hydrogen (secondary N) is 1. The van der Waals surface area contributed by atoms with Crippen molar-refractivity contribution in [3.63, 3.8) is 0 Å². The Bertz CT molecular complexity index is 940. The lowest BCUT2D eigenvalue weighted by molar-refractivity contribution is -0.139. The fourth-order valence-corrected chi connectivity index (χ4v) is 5.79. The summed E-state index contributed by atoms with van der Waals surface area (Å²) in [6, 6.07) is 1.67. The van der Waals surface area contributed by atoms with E-state index >= 15 is 0 Å². The van der Waals surface area contributed by atoms with Gasteiger partial charge in [0.15, 0.2) is 0 Å². The number of carbonyl (C=O) groups excluding carboxylic acids is 2. The van der Waals surface area contributed by atoms with Crippen molar-refractivity contribution in [1.29, 1.82) is 0 Å². The highest BCUT2D eigenvalue weighted by molar-refractivity contribution is 7.89. The lowest BCUT2D eigenvalue weighted by Gasteiger charge is -2.37. The Labute approximate surface area is 188 Å². The summed E-state index contributed by atoms with van der Waals surface area (Å²) in [6.07, 6.45) is 4.83. The molecular formula is C22H31F2N3O4S. The van der Waals surface area contributed by atoms with Crippen molar-refractivity contribution in [2.24, 2.45) is 11.8 Å². The fraction of sp³-hybridized carbons (Fsp3) is 0.636. The highest BCUT2D eigenvalue weighted by Crippen LogP contribution is 2.25. The third-order valence-corrected chi connectivity index (χ3v) is 8.20. The van der Waals surface area contributed by atoms with Gasteiger partial charge in [-0.3, -0.25) is 9.59 Å². The number of nitrogens with zero attached hydrogens (tertiary/aromatic N) is 2. The minimum absolute atomic E-state index is 0.00766. The number of benzene rings is 1. The van der Waals surface area contributed by atoms with Crippen LogP contribution in [-0.2, 0) is 19.6 Å². The number of sulfonamides is 1. The number of hydrogen-bond acceptors (Lipinski definition) is 4. The first kappa shape index (κ1) is 24.6. The molecule has 1 aliphatic heterocycles. The molecule has 1 N–H and O–H groups in total. The van der Waals surface area contributed by atoms with Gasteiger partial charge in [0.1, 0.15) is 22.6 Å². The number of halogens is 2. The third-order valence-electron chi connectivity index (χ3n) is 6.27. The van der Waals surface area contributed by atoms with Gasteiger partial charge in [-0.1, -0.05) is 33.1 Å². The van der Waals surface area contributed by atoms with Crippen LogP contribution in [0.1, 0.15) is 46.0 Å². The molecule has 1 unspecified atom stereocenters. The smallest absolute Gasteiger partial charge is 0.246 e. The zero-order valence-electron chi connectivity index (χ0n) is 18.5. The average Bonchev–Trinajstić information content (AvgIpc) is 2.77. The van der Waals surface area contributed by atoms with Gasteiger partial charge in [0, 0.05) is 38.2 Å². The zero-order valence-corrected chi connectivity index (χ0v) is 19.3. The highest BCUT2D eigenvalue weighted by atomic mass is 32.2. The maximum atomic E-state index is 14.0. The minimum Gasteiger partial charge on any atom is -0.344 e. The lowest BCUT2D eigenvalue weighted by atomic mass is 9.88. The first-order chi connectivity index (χ1) is 15.1. The van der Waals surface area contributed by atoms with Crippen molar-refractivity contribution in [1.82, 2.24) is 14.5 Å². The quantitative estimate of drug-likeness (QED) is 0.691. The van der Waals surface area contributed by atoms with Crippen LogP contribution < -0.4 is 5.32 Å². The Morgan fingerprint density at radius 2 is 1.66 bits per heavy atom. The van der Waals surface area contributed by atoms with Gasteiger partial charge in [-0.25, -0.2) is 17.2 Å².